The van der Waals surface area contributed by atoms with Crippen molar-refractivity contribution in [1.82, 2.24) is 4.31 Å². The Morgan fingerprint density at radius 2 is 1.95 bits per heavy atom. The van der Waals surface area contributed by atoms with Crippen molar-refractivity contribution >= 4 is 10.0 Å². The second kappa shape index (κ2) is 6.94. The molecule has 1 aliphatic rings. The van der Waals surface area contributed by atoms with Crippen molar-refractivity contribution in [3.63, 3.8) is 0 Å². The van der Waals surface area contributed by atoms with Crippen LogP contribution in [0.2, 0.25) is 0 Å². The number of aryl methyl sites for hydroxylation is 1. The van der Waals surface area contributed by atoms with Gasteiger partial charge in [0.05, 0.1) is 11.0 Å². The second-order valence-corrected chi connectivity index (χ2v) is 8.01. The number of hydrogen-bond donors (Lipinski definition) is 1. The molecule has 1 aromatic carbocycles. The molecule has 1 aromatic rings. The van der Waals surface area contributed by atoms with E-state index in [-0.39, 0.29) is 17.4 Å². The number of sulfonamides is 1. The number of nitrogens with zero attached hydrogens (tertiary/aromatic N) is 1. The predicted octanol–water partition coefficient (Wildman–Crippen LogP) is 2.72. The number of benzene rings is 1. The lowest BCUT2D eigenvalue weighted by Crippen LogP contribution is -2.29. The predicted molar refractivity (Wildman–Crippen MR) is 88.1 cm³/mol. The van der Waals surface area contributed by atoms with E-state index in [4.69, 9.17) is 0 Å². The van der Waals surface area contributed by atoms with Crippen molar-refractivity contribution < 1.29 is 13.5 Å². The summed E-state index contributed by atoms with van der Waals surface area (Å²) >= 11 is 0. The van der Waals surface area contributed by atoms with Crippen molar-refractivity contribution in [2.45, 2.75) is 44.1 Å². The molecule has 0 radical (unpaired) electrons. The number of unbranched alkanes of at least 4 members (excludes halogenated alkanes) is 1. The first-order chi connectivity index (χ1) is 10.4. The van der Waals surface area contributed by atoms with E-state index < -0.39 is 16.1 Å². The number of aliphatic hydroxyl groups is 1. The van der Waals surface area contributed by atoms with E-state index in [1.165, 1.54) is 4.31 Å². The number of rotatable bonds is 6. The summed E-state index contributed by atoms with van der Waals surface area (Å²) in [6.07, 6.45) is 2.26. The summed E-state index contributed by atoms with van der Waals surface area (Å²) in [6.45, 7) is 8.53. The highest BCUT2D eigenvalue weighted by molar-refractivity contribution is 7.89. The number of aliphatic hydroxyl groups excluding tert-OH is 1. The van der Waals surface area contributed by atoms with Crippen molar-refractivity contribution in [3.05, 3.63) is 42.0 Å². The molecule has 1 fully saturated rings. The maximum Gasteiger partial charge on any atom is 0.243 e. The van der Waals surface area contributed by atoms with Gasteiger partial charge in [-0.15, -0.1) is 0 Å². The molecule has 0 aromatic heterocycles. The Kier molecular flexibility index (Phi) is 5.42. The average molecular weight is 323 g/mol. The smallest absolute Gasteiger partial charge is 0.243 e. The van der Waals surface area contributed by atoms with Crippen LogP contribution < -0.4 is 0 Å². The molecule has 2 rings (SSSR count). The van der Waals surface area contributed by atoms with Crippen LogP contribution in [0.3, 0.4) is 0 Å². The highest BCUT2D eigenvalue weighted by Crippen LogP contribution is 2.30. The maximum absolute atomic E-state index is 12.7. The summed E-state index contributed by atoms with van der Waals surface area (Å²) in [6, 6.07) is 6.82. The standard InChI is InChI=1S/C17H25NO3S/c1-4-5-6-14(3)16-11-18(12-17(16)19)22(20,21)15-9-7-13(2)8-10-15/h7-10,16-17,19H,3-6,11-12H2,1-2H3/t16-,17-/m1/s1. The van der Waals surface area contributed by atoms with Gasteiger partial charge in [0.15, 0.2) is 0 Å². The van der Waals surface area contributed by atoms with Gasteiger partial charge in [0, 0.05) is 19.0 Å². The molecule has 0 unspecified atom stereocenters. The fourth-order valence-electron chi connectivity index (χ4n) is 2.80. The molecule has 5 heteroatoms. The van der Waals surface area contributed by atoms with Crippen LogP contribution in [0.5, 0.6) is 0 Å². The summed E-state index contributed by atoms with van der Waals surface area (Å²) in [5, 5.41) is 10.2. The first-order valence-corrected chi connectivity index (χ1v) is 9.22. The molecule has 0 aliphatic carbocycles. The summed E-state index contributed by atoms with van der Waals surface area (Å²) < 4.78 is 26.7. The van der Waals surface area contributed by atoms with Crippen LogP contribution in [-0.4, -0.2) is 37.0 Å². The van der Waals surface area contributed by atoms with E-state index in [1.54, 1.807) is 24.3 Å². The minimum atomic E-state index is -3.54. The summed E-state index contributed by atoms with van der Waals surface area (Å²) in [5.41, 5.74) is 1.97. The summed E-state index contributed by atoms with van der Waals surface area (Å²) in [4.78, 5) is 0.283. The SMILES string of the molecule is C=C(CCCC)[C@H]1CN(S(=O)(=O)c2ccc(C)cc2)C[C@H]1O. The van der Waals surface area contributed by atoms with Crippen molar-refractivity contribution in [2.75, 3.05) is 13.1 Å². The van der Waals surface area contributed by atoms with E-state index in [2.05, 4.69) is 13.5 Å². The normalized spacial score (nSPS) is 22.9. The van der Waals surface area contributed by atoms with Gasteiger partial charge in [0.2, 0.25) is 10.0 Å². The Morgan fingerprint density at radius 1 is 1.32 bits per heavy atom. The lowest BCUT2D eigenvalue weighted by atomic mass is 9.93. The third-order valence-electron chi connectivity index (χ3n) is 4.29. The second-order valence-electron chi connectivity index (χ2n) is 6.07. The Morgan fingerprint density at radius 3 is 2.55 bits per heavy atom. The van der Waals surface area contributed by atoms with Crippen molar-refractivity contribution in [3.8, 4) is 0 Å². The van der Waals surface area contributed by atoms with E-state index in [0.717, 1.165) is 30.4 Å². The van der Waals surface area contributed by atoms with Gasteiger partial charge in [-0.25, -0.2) is 8.42 Å². The van der Waals surface area contributed by atoms with Crippen molar-refractivity contribution in [2.24, 2.45) is 5.92 Å². The molecule has 0 spiro atoms. The molecule has 22 heavy (non-hydrogen) atoms. The molecule has 0 amide bonds. The molecule has 1 saturated heterocycles. The summed E-state index contributed by atoms with van der Waals surface area (Å²) in [7, 11) is -3.54. The van der Waals surface area contributed by atoms with Gasteiger partial charge in [-0.2, -0.15) is 4.31 Å². The van der Waals surface area contributed by atoms with E-state index in [1.807, 2.05) is 6.92 Å². The Hall–Kier alpha value is -1.17. The fraction of sp³-hybridized carbons (Fsp3) is 0.529. The van der Waals surface area contributed by atoms with Crippen LogP contribution in [0.15, 0.2) is 41.3 Å². The van der Waals surface area contributed by atoms with Gasteiger partial charge in [0.25, 0.3) is 0 Å². The quantitative estimate of drug-likeness (QED) is 0.819. The highest BCUT2D eigenvalue weighted by atomic mass is 32.2. The summed E-state index contributed by atoms with van der Waals surface area (Å²) in [5.74, 6) is -0.160. The molecule has 1 aliphatic heterocycles. The third kappa shape index (κ3) is 3.59. The van der Waals surface area contributed by atoms with Crippen LogP contribution >= 0.6 is 0 Å². The topological polar surface area (TPSA) is 57.6 Å². The van der Waals surface area contributed by atoms with Crippen LogP contribution in [0.25, 0.3) is 0 Å². The molecule has 122 valence electrons. The van der Waals surface area contributed by atoms with E-state index in [0.29, 0.717) is 6.54 Å². The molecule has 0 bridgehead atoms. The molecule has 1 N–H and O–H groups in total. The van der Waals surface area contributed by atoms with E-state index >= 15 is 0 Å². The van der Waals surface area contributed by atoms with Crippen LogP contribution in [0, 0.1) is 12.8 Å². The maximum atomic E-state index is 12.7. The Bertz CT molecular complexity index is 622. The molecule has 1 heterocycles. The lowest BCUT2D eigenvalue weighted by Gasteiger charge is -2.17. The fourth-order valence-corrected chi connectivity index (χ4v) is 4.28. The van der Waals surface area contributed by atoms with Crippen molar-refractivity contribution in [1.29, 1.82) is 0 Å². The number of β-amino-alcohol motifs (C(OH)–C–C–N with tert-alkyl or cyclic N) is 1. The van der Waals surface area contributed by atoms with Gasteiger partial charge in [-0.05, 0) is 31.9 Å². The van der Waals surface area contributed by atoms with Crippen LogP contribution in [0.4, 0.5) is 0 Å². The highest BCUT2D eigenvalue weighted by Gasteiger charge is 2.39. The minimum Gasteiger partial charge on any atom is -0.391 e. The lowest BCUT2D eigenvalue weighted by molar-refractivity contribution is 0.158. The van der Waals surface area contributed by atoms with Crippen LogP contribution in [0.1, 0.15) is 31.7 Å². The first-order valence-electron chi connectivity index (χ1n) is 7.78. The molecular weight excluding hydrogens is 298 g/mol. The van der Waals surface area contributed by atoms with Gasteiger partial charge < -0.3 is 5.11 Å². The minimum absolute atomic E-state index is 0.145. The largest absolute Gasteiger partial charge is 0.391 e. The molecule has 0 saturated carbocycles. The molecule has 4 nitrogen and oxygen atoms in total. The average Bonchev–Trinajstić information content (AvgIpc) is 2.88. The van der Waals surface area contributed by atoms with Gasteiger partial charge in [-0.1, -0.05) is 43.2 Å². The molecule has 2 atom stereocenters. The van der Waals surface area contributed by atoms with Crippen LogP contribution in [-0.2, 0) is 10.0 Å². The Balaban J connectivity index is 2.13. The monoisotopic (exact) mass is 323 g/mol. The zero-order valence-electron chi connectivity index (χ0n) is 13.3. The first kappa shape index (κ1) is 17.2. The van der Waals surface area contributed by atoms with Gasteiger partial charge in [-0.3, -0.25) is 0 Å². The molecular formula is C17H25NO3S. The van der Waals surface area contributed by atoms with Gasteiger partial charge >= 0.3 is 0 Å². The van der Waals surface area contributed by atoms with E-state index in [9.17, 15) is 13.5 Å². The number of hydrogen-bond acceptors (Lipinski definition) is 3. The zero-order chi connectivity index (χ0) is 16.3. The zero-order valence-corrected chi connectivity index (χ0v) is 14.1. The third-order valence-corrected chi connectivity index (χ3v) is 6.14. The van der Waals surface area contributed by atoms with Gasteiger partial charge in [0.1, 0.15) is 0 Å². The Labute approximate surface area is 133 Å².